The molecule has 0 aliphatic rings. The average Bonchev–Trinajstić information content (AvgIpc) is 2.52. The Morgan fingerprint density at radius 2 is 1.50 bits per heavy atom. The molecule has 2 aromatic carbocycles. The normalized spacial score (nSPS) is 11.1. The van der Waals surface area contributed by atoms with Gasteiger partial charge in [0.2, 0.25) is 10.0 Å². The molecule has 5 nitrogen and oxygen atoms in total. The summed E-state index contributed by atoms with van der Waals surface area (Å²) in [5.74, 6) is -1.37. The topological polar surface area (TPSA) is 66.5 Å². The lowest BCUT2D eigenvalue weighted by molar-refractivity contribution is 0.0955. The molecule has 2 aromatic rings. The van der Waals surface area contributed by atoms with Crippen LogP contribution in [0.4, 0.5) is 14.5 Å². The Morgan fingerprint density at radius 3 is 2.00 bits per heavy atom. The van der Waals surface area contributed by atoms with Crippen LogP contribution in [0.1, 0.15) is 10.4 Å². The number of nitrogens with one attached hydrogen (secondary N) is 1. The van der Waals surface area contributed by atoms with Gasteiger partial charge in [0, 0.05) is 12.1 Å². The average molecular weight is 354 g/mol. The molecule has 0 unspecified atom stereocenters. The lowest BCUT2D eigenvalue weighted by atomic mass is 10.2. The number of halogens is 2. The summed E-state index contributed by atoms with van der Waals surface area (Å²) in [5, 5.41) is 2.56. The molecule has 0 atom stereocenters. The number of hydrogen-bond acceptors (Lipinski definition) is 3. The van der Waals surface area contributed by atoms with Gasteiger partial charge in [-0.05, 0) is 48.5 Å². The number of benzene rings is 2. The summed E-state index contributed by atoms with van der Waals surface area (Å²) in [7, 11) is -3.59. The first kappa shape index (κ1) is 17.9. The van der Waals surface area contributed by atoms with E-state index in [0.717, 1.165) is 34.8 Å². The van der Waals surface area contributed by atoms with Crippen molar-refractivity contribution in [2.75, 3.05) is 23.7 Å². The number of hydrogen-bond donors (Lipinski definition) is 1. The third-order valence-corrected chi connectivity index (χ3v) is 4.42. The van der Waals surface area contributed by atoms with Crippen LogP contribution in [0.3, 0.4) is 0 Å². The summed E-state index contributed by atoms with van der Waals surface area (Å²) >= 11 is 0. The first-order valence-corrected chi connectivity index (χ1v) is 8.89. The van der Waals surface area contributed by atoms with Crippen molar-refractivity contribution >= 4 is 21.6 Å². The molecule has 0 saturated heterocycles. The zero-order valence-electron chi connectivity index (χ0n) is 12.9. The van der Waals surface area contributed by atoms with Crippen molar-refractivity contribution in [1.82, 2.24) is 5.32 Å². The molecule has 0 aromatic heterocycles. The second kappa shape index (κ2) is 7.39. The van der Waals surface area contributed by atoms with Crippen molar-refractivity contribution in [3.8, 4) is 0 Å². The van der Waals surface area contributed by atoms with E-state index in [4.69, 9.17) is 0 Å². The van der Waals surface area contributed by atoms with Crippen molar-refractivity contribution in [2.24, 2.45) is 0 Å². The Balaban J connectivity index is 2.02. The highest BCUT2D eigenvalue weighted by Crippen LogP contribution is 2.17. The number of rotatable bonds is 6. The quantitative estimate of drug-likeness (QED) is 0.864. The molecule has 8 heteroatoms. The number of amides is 1. The Hall–Kier alpha value is -2.48. The zero-order valence-corrected chi connectivity index (χ0v) is 13.7. The largest absolute Gasteiger partial charge is 0.350 e. The Labute approximate surface area is 139 Å². The van der Waals surface area contributed by atoms with E-state index in [9.17, 15) is 22.0 Å². The second-order valence-electron chi connectivity index (χ2n) is 5.07. The number of carbonyl (C=O) groups excluding carboxylic acids is 1. The van der Waals surface area contributed by atoms with Crippen molar-refractivity contribution in [3.63, 3.8) is 0 Å². The van der Waals surface area contributed by atoms with Crippen LogP contribution in [-0.2, 0) is 10.0 Å². The molecule has 1 N–H and O–H groups in total. The molecule has 0 spiro atoms. The summed E-state index contributed by atoms with van der Waals surface area (Å²) in [6.45, 7) is 0.0258. The molecule has 2 rings (SSSR count). The van der Waals surface area contributed by atoms with E-state index >= 15 is 0 Å². The number of sulfonamides is 1. The maximum absolute atomic E-state index is 13.0. The molecule has 128 valence electrons. The van der Waals surface area contributed by atoms with E-state index < -0.39 is 27.6 Å². The van der Waals surface area contributed by atoms with Crippen LogP contribution in [0.15, 0.2) is 48.5 Å². The third kappa shape index (κ3) is 4.76. The van der Waals surface area contributed by atoms with Crippen LogP contribution in [0.25, 0.3) is 0 Å². The Kier molecular flexibility index (Phi) is 5.50. The minimum atomic E-state index is -3.59. The molecular weight excluding hydrogens is 338 g/mol. The van der Waals surface area contributed by atoms with Crippen LogP contribution in [0.5, 0.6) is 0 Å². The highest BCUT2D eigenvalue weighted by Gasteiger charge is 2.17. The highest BCUT2D eigenvalue weighted by molar-refractivity contribution is 7.92. The fraction of sp³-hybridized carbons (Fsp3) is 0.188. The molecular formula is C16H16F2N2O3S. The van der Waals surface area contributed by atoms with Gasteiger partial charge < -0.3 is 5.32 Å². The summed E-state index contributed by atoms with van der Waals surface area (Å²) in [5.41, 5.74) is 0.569. The molecule has 1 amide bonds. The van der Waals surface area contributed by atoms with Gasteiger partial charge in [-0.25, -0.2) is 17.2 Å². The number of anilines is 1. The molecule has 0 heterocycles. The molecule has 0 radical (unpaired) electrons. The minimum Gasteiger partial charge on any atom is -0.350 e. The number of carbonyl (C=O) groups is 1. The van der Waals surface area contributed by atoms with Gasteiger partial charge >= 0.3 is 0 Å². The van der Waals surface area contributed by atoms with E-state index in [0.29, 0.717) is 5.69 Å². The van der Waals surface area contributed by atoms with Crippen LogP contribution < -0.4 is 9.62 Å². The molecule has 0 saturated carbocycles. The molecule has 0 fully saturated rings. The highest BCUT2D eigenvalue weighted by atomic mass is 32.2. The van der Waals surface area contributed by atoms with Crippen molar-refractivity contribution in [1.29, 1.82) is 0 Å². The summed E-state index contributed by atoms with van der Waals surface area (Å²) < 4.78 is 50.6. The van der Waals surface area contributed by atoms with Gasteiger partial charge in [0.15, 0.2) is 0 Å². The van der Waals surface area contributed by atoms with E-state index in [1.54, 1.807) is 0 Å². The smallest absolute Gasteiger partial charge is 0.251 e. The van der Waals surface area contributed by atoms with Crippen LogP contribution in [-0.4, -0.2) is 33.7 Å². The van der Waals surface area contributed by atoms with Gasteiger partial charge in [0.1, 0.15) is 11.6 Å². The molecule has 24 heavy (non-hydrogen) atoms. The van der Waals surface area contributed by atoms with E-state index in [1.807, 2.05) is 0 Å². The van der Waals surface area contributed by atoms with Gasteiger partial charge in [0.25, 0.3) is 5.91 Å². The van der Waals surface area contributed by atoms with Crippen molar-refractivity contribution in [3.05, 3.63) is 65.7 Å². The lowest BCUT2D eigenvalue weighted by Gasteiger charge is -2.22. The molecule has 0 bridgehead atoms. The zero-order chi connectivity index (χ0) is 17.7. The summed E-state index contributed by atoms with van der Waals surface area (Å²) in [6.07, 6.45) is 1.03. The maximum atomic E-state index is 13.0. The first-order chi connectivity index (χ1) is 11.3. The summed E-state index contributed by atoms with van der Waals surface area (Å²) in [4.78, 5) is 11.9. The van der Waals surface area contributed by atoms with Gasteiger partial charge in [0.05, 0.1) is 18.5 Å². The van der Waals surface area contributed by atoms with Gasteiger partial charge in [-0.3, -0.25) is 9.10 Å². The SMILES string of the molecule is CS(=O)(=O)N(CCNC(=O)c1ccc(F)cc1)c1ccc(F)cc1. The summed E-state index contributed by atoms with van der Waals surface area (Å²) in [6, 6.07) is 10.00. The van der Waals surface area contributed by atoms with Gasteiger partial charge in [-0.1, -0.05) is 0 Å². The third-order valence-electron chi connectivity index (χ3n) is 3.22. The second-order valence-corrected chi connectivity index (χ2v) is 6.98. The lowest BCUT2D eigenvalue weighted by Crippen LogP contribution is -2.38. The van der Waals surface area contributed by atoms with Crippen LogP contribution in [0, 0.1) is 11.6 Å². The van der Waals surface area contributed by atoms with Crippen LogP contribution in [0.2, 0.25) is 0 Å². The van der Waals surface area contributed by atoms with E-state index in [2.05, 4.69) is 5.32 Å². The Morgan fingerprint density at radius 1 is 1.00 bits per heavy atom. The molecule has 0 aliphatic carbocycles. The fourth-order valence-electron chi connectivity index (χ4n) is 2.07. The first-order valence-electron chi connectivity index (χ1n) is 7.04. The molecule has 0 aliphatic heterocycles. The predicted molar refractivity (Wildman–Crippen MR) is 87.3 cm³/mol. The van der Waals surface area contributed by atoms with Crippen LogP contribution >= 0.6 is 0 Å². The van der Waals surface area contributed by atoms with E-state index in [1.165, 1.54) is 24.3 Å². The van der Waals surface area contributed by atoms with Crippen molar-refractivity contribution < 1.29 is 22.0 Å². The maximum Gasteiger partial charge on any atom is 0.251 e. The standard InChI is InChI=1S/C16H16F2N2O3S/c1-24(22,23)20(15-8-6-14(18)7-9-15)11-10-19-16(21)12-2-4-13(17)5-3-12/h2-9H,10-11H2,1H3,(H,19,21). The predicted octanol–water partition coefficient (Wildman–Crippen LogP) is 2.16. The number of nitrogens with zero attached hydrogens (tertiary/aromatic N) is 1. The van der Waals surface area contributed by atoms with E-state index in [-0.39, 0.29) is 18.7 Å². The van der Waals surface area contributed by atoms with Crippen molar-refractivity contribution in [2.45, 2.75) is 0 Å². The minimum absolute atomic E-state index is 0.0165. The van der Waals surface area contributed by atoms with Gasteiger partial charge in [-0.15, -0.1) is 0 Å². The fourth-order valence-corrected chi connectivity index (χ4v) is 3.00. The monoisotopic (exact) mass is 354 g/mol. The Bertz CT molecular complexity index is 806. The van der Waals surface area contributed by atoms with Gasteiger partial charge in [-0.2, -0.15) is 0 Å².